The van der Waals surface area contributed by atoms with Crippen molar-refractivity contribution < 1.29 is 14.0 Å². The minimum absolute atomic E-state index is 0.0499. The van der Waals surface area contributed by atoms with Gasteiger partial charge in [-0.05, 0) is 62.8 Å². The number of nitrogens with zero attached hydrogens (tertiary/aromatic N) is 1. The molecule has 146 valence electrons. The fourth-order valence-electron chi connectivity index (χ4n) is 4.50. The molecule has 1 saturated carbocycles. The summed E-state index contributed by atoms with van der Waals surface area (Å²) in [6, 6.07) is 14.5. The van der Waals surface area contributed by atoms with Gasteiger partial charge in [-0.25, -0.2) is 4.39 Å². The summed E-state index contributed by atoms with van der Waals surface area (Å²) in [6.07, 6.45) is 3.59. The standard InChI is InChI=1S/C23H25FN2O2/c1-15-14-18-6-2-5-9-21(18)26(15)23(28)17-12-10-16(11-13-17)22(27)25-20-8-4-3-7-19(20)24/h2-9,15-17H,10-14H2,1H3,(H,25,27). The molecule has 4 rings (SSSR count). The van der Waals surface area contributed by atoms with E-state index in [-0.39, 0.29) is 35.4 Å². The number of carbonyl (C=O) groups is 2. The Morgan fingerprint density at radius 3 is 2.36 bits per heavy atom. The van der Waals surface area contributed by atoms with Crippen LogP contribution in [0.4, 0.5) is 15.8 Å². The van der Waals surface area contributed by atoms with Gasteiger partial charge < -0.3 is 10.2 Å². The Hall–Kier alpha value is -2.69. The highest BCUT2D eigenvalue weighted by atomic mass is 19.1. The van der Waals surface area contributed by atoms with Crippen molar-refractivity contribution in [3.05, 3.63) is 59.9 Å². The van der Waals surface area contributed by atoms with Crippen LogP contribution in [0.3, 0.4) is 0 Å². The molecule has 1 aliphatic carbocycles. The maximum atomic E-state index is 13.8. The zero-order valence-electron chi connectivity index (χ0n) is 16.0. The molecule has 5 heteroatoms. The molecule has 1 unspecified atom stereocenters. The molecule has 4 nitrogen and oxygen atoms in total. The van der Waals surface area contributed by atoms with Crippen LogP contribution in [0.25, 0.3) is 0 Å². The van der Waals surface area contributed by atoms with Gasteiger partial charge in [-0.2, -0.15) is 0 Å². The molecule has 2 aromatic rings. The molecular weight excluding hydrogens is 355 g/mol. The summed E-state index contributed by atoms with van der Waals surface area (Å²) in [7, 11) is 0. The van der Waals surface area contributed by atoms with E-state index in [1.165, 1.54) is 11.6 Å². The summed E-state index contributed by atoms with van der Waals surface area (Å²) in [5.41, 5.74) is 2.47. The molecule has 1 fully saturated rings. The third-order valence-electron chi connectivity index (χ3n) is 6.02. The SMILES string of the molecule is CC1Cc2ccccc2N1C(=O)C1CCC(C(=O)Nc2ccccc2F)CC1. The first-order valence-corrected chi connectivity index (χ1v) is 10.0. The molecule has 2 aliphatic rings. The van der Waals surface area contributed by atoms with E-state index in [9.17, 15) is 14.0 Å². The highest BCUT2D eigenvalue weighted by molar-refractivity contribution is 5.98. The van der Waals surface area contributed by atoms with Crippen molar-refractivity contribution in [2.45, 2.75) is 45.1 Å². The average Bonchev–Trinajstić information content (AvgIpc) is 3.05. The Bertz CT molecular complexity index is 890. The molecular formula is C23H25FN2O2. The number of fused-ring (bicyclic) bond motifs is 1. The summed E-state index contributed by atoms with van der Waals surface area (Å²) >= 11 is 0. The second kappa shape index (κ2) is 7.74. The average molecular weight is 380 g/mol. The molecule has 0 aromatic heterocycles. The monoisotopic (exact) mass is 380 g/mol. The summed E-state index contributed by atoms with van der Waals surface area (Å²) in [4.78, 5) is 27.6. The van der Waals surface area contributed by atoms with Gasteiger partial charge in [0.2, 0.25) is 11.8 Å². The van der Waals surface area contributed by atoms with Crippen LogP contribution >= 0.6 is 0 Å². The van der Waals surface area contributed by atoms with Crippen molar-refractivity contribution in [2.24, 2.45) is 11.8 Å². The quantitative estimate of drug-likeness (QED) is 0.849. The fourth-order valence-corrected chi connectivity index (χ4v) is 4.50. The third-order valence-corrected chi connectivity index (χ3v) is 6.02. The number of rotatable bonds is 3. The summed E-state index contributed by atoms with van der Waals surface area (Å²) < 4.78 is 13.8. The van der Waals surface area contributed by atoms with Crippen molar-refractivity contribution in [3.8, 4) is 0 Å². The first kappa shape index (κ1) is 18.7. The van der Waals surface area contributed by atoms with Gasteiger partial charge in [0.25, 0.3) is 0 Å². The first-order chi connectivity index (χ1) is 13.5. The first-order valence-electron chi connectivity index (χ1n) is 10.0. The number of hydrogen-bond donors (Lipinski definition) is 1. The zero-order valence-corrected chi connectivity index (χ0v) is 16.0. The maximum absolute atomic E-state index is 13.8. The zero-order chi connectivity index (χ0) is 19.7. The number of amides is 2. The summed E-state index contributed by atoms with van der Waals surface area (Å²) in [5.74, 6) is -0.638. The largest absolute Gasteiger partial charge is 0.323 e. The third kappa shape index (κ3) is 3.53. The normalized spacial score (nSPS) is 23.9. The number of halogens is 1. The minimum Gasteiger partial charge on any atom is -0.323 e. The van der Waals surface area contributed by atoms with Gasteiger partial charge in [0.1, 0.15) is 5.82 Å². The van der Waals surface area contributed by atoms with Gasteiger partial charge in [0.05, 0.1) is 5.69 Å². The van der Waals surface area contributed by atoms with Gasteiger partial charge >= 0.3 is 0 Å². The van der Waals surface area contributed by atoms with E-state index in [4.69, 9.17) is 0 Å². The smallest absolute Gasteiger partial charge is 0.230 e. The van der Waals surface area contributed by atoms with Crippen molar-refractivity contribution in [3.63, 3.8) is 0 Å². The molecule has 0 spiro atoms. The minimum atomic E-state index is -0.429. The Labute approximate surface area is 164 Å². The lowest BCUT2D eigenvalue weighted by molar-refractivity contribution is -0.126. The number of benzene rings is 2. The molecule has 1 atom stereocenters. The Morgan fingerprint density at radius 1 is 0.964 bits per heavy atom. The highest BCUT2D eigenvalue weighted by Crippen LogP contribution is 2.37. The predicted octanol–water partition coefficient (Wildman–Crippen LogP) is 4.55. The second-order valence-corrected chi connectivity index (χ2v) is 7.91. The number of anilines is 2. The van der Waals surface area contributed by atoms with Crippen LogP contribution in [-0.4, -0.2) is 17.9 Å². The maximum Gasteiger partial charge on any atom is 0.230 e. The van der Waals surface area contributed by atoms with Crippen molar-refractivity contribution >= 4 is 23.2 Å². The van der Waals surface area contributed by atoms with Crippen molar-refractivity contribution in [1.82, 2.24) is 0 Å². The van der Waals surface area contributed by atoms with Crippen molar-refractivity contribution in [1.29, 1.82) is 0 Å². The van der Waals surface area contributed by atoms with Crippen molar-refractivity contribution in [2.75, 3.05) is 10.2 Å². The van der Waals surface area contributed by atoms with E-state index in [0.717, 1.165) is 12.1 Å². The molecule has 28 heavy (non-hydrogen) atoms. The van der Waals surface area contributed by atoms with Gasteiger partial charge in [-0.1, -0.05) is 30.3 Å². The Morgan fingerprint density at radius 2 is 1.61 bits per heavy atom. The van der Waals surface area contributed by atoms with Crippen LogP contribution < -0.4 is 10.2 Å². The van der Waals surface area contributed by atoms with Crippen LogP contribution in [-0.2, 0) is 16.0 Å². The molecule has 2 amide bonds. The van der Waals surface area contributed by atoms with E-state index in [1.807, 2.05) is 23.1 Å². The fraction of sp³-hybridized carbons (Fsp3) is 0.391. The molecule has 0 saturated heterocycles. The number of para-hydroxylation sites is 2. The molecule has 0 bridgehead atoms. The van der Waals surface area contributed by atoms with Crippen LogP contribution in [0.15, 0.2) is 48.5 Å². The lowest BCUT2D eigenvalue weighted by Gasteiger charge is -2.32. The lowest BCUT2D eigenvalue weighted by Crippen LogP contribution is -2.42. The molecule has 1 aliphatic heterocycles. The van der Waals surface area contributed by atoms with E-state index in [2.05, 4.69) is 18.3 Å². The van der Waals surface area contributed by atoms with E-state index in [1.54, 1.807) is 18.2 Å². The van der Waals surface area contributed by atoms with E-state index < -0.39 is 5.82 Å². The molecule has 1 heterocycles. The summed E-state index contributed by atoms with van der Waals surface area (Å²) in [6.45, 7) is 2.09. The molecule has 2 aromatic carbocycles. The Balaban J connectivity index is 1.37. The number of nitrogens with one attached hydrogen (secondary N) is 1. The molecule has 0 radical (unpaired) electrons. The number of hydrogen-bond acceptors (Lipinski definition) is 2. The molecule has 1 N–H and O–H groups in total. The topological polar surface area (TPSA) is 49.4 Å². The number of carbonyl (C=O) groups excluding carboxylic acids is 2. The van der Waals surface area contributed by atoms with Gasteiger partial charge in [-0.15, -0.1) is 0 Å². The highest BCUT2D eigenvalue weighted by Gasteiger charge is 2.37. The Kier molecular flexibility index (Phi) is 5.16. The van der Waals surface area contributed by atoms with Gasteiger partial charge in [0.15, 0.2) is 0 Å². The van der Waals surface area contributed by atoms with E-state index in [0.29, 0.717) is 25.7 Å². The van der Waals surface area contributed by atoms with Gasteiger partial charge in [0, 0.05) is 23.6 Å². The van der Waals surface area contributed by atoms with Crippen LogP contribution in [0, 0.1) is 17.7 Å². The van der Waals surface area contributed by atoms with Crippen LogP contribution in [0.1, 0.15) is 38.2 Å². The lowest BCUT2D eigenvalue weighted by atomic mass is 9.80. The van der Waals surface area contributed by atoms with Crippen LogP contribution in [0.5, 0.6) is 0 Å². The van der Waals surface area contributed by atoms with E-state index >= 15 is 0 Å². The summed E-state index contributed by atoms with van der Waals surface area (Å²) in [5, 5.41) is 2.69. The van der Waals surface area contributed by atoms with Gasteiger partial charge in [-0.3, -0.25) is 9.59 Å². The second-order valence-electron chi connectivity index (χ2n) is 7.91. The predicted molar refractivity (Wildman–Crippen MR) is 108 cm³/mol. The van der Waals surface area contributed by atoms with Crippen LogP contribution in [0.2, 0.25) is 0 Å².